The van der Waals surface area contributed by atoms with E-state index in [1.54, 1.807) is 6.92 Å². The van der Waals surface area contributed by atoms with Crippen LogP contribution in [0, 0.1) is 17.8 Å². The fourth-order valence-corrected chi connectivity index (χ4v) is 9.31. The largest absolute Gasteiger partial charge is 0.354 e. The number of carbonyl (C=O) groups is 2. The molecule has 9 heteroatoms. The number of hydrogen-bond acceptors (Lipinski definition) is 4. The first-order valence-corrected chi connectivity index (χ1v) is 18.0. The molecule has 4 aliphatic rings. The second-order valence-electron chi connectivity index (χ2n) is 13.0. The van der Waals surface area contributed by atoms with Crippen LogP contribution in [0.4, 0.5) is 5.69 Å². The highest BCUT2D eigenvalue weighted by Crippen LogP contribution is 2.60. The van der Waals surface area contributed by atoms with Gasteiger partial charge in [0, 0.05) is 17.6 Å². The number of sulfonamides is 1. The second-order valence-corrected chi connectivity index (χ2v) is 15.8. The van der Waals surface area contributed by atoms with Crippen LogP contribution in [0.1, 0.15) is 76.3 Å². The predicted octanol–water partition coefficient (Wildman–Crippen LogP) is 6.02. The van der Waals surface area contributed by atoms with Crippen LogP contribution in [-0.2, 0) is 31.6 Å². The summed E-state index contributed by atoms with van der Waals surface area (Å²) in [4.78, 5) is 28.4. The van der Waals surface area contributed by atoms with Gasteiger partial charge in [-0.2, -0.15) is 0 Å². The van der Waals surface area contributed by atoms with Crippen molar-refractivity contribution in [1.29, 1.82) is 0 Å². The highest BCUT2D eigenvalue weighted by Gasteiger charge is 2.51. The molecule has 2 aromatic carbocycles. The van der Waals surface area contributed by atoms with E-state index in [0.717, 1.165) is 46.9 Å². The molecule has 0 unspecified atom stereocenters. The van der Waals surface area contributed by atoms with Gasteiger partial charge < -0.3 is 10.2 Å². The first-order chi connectivity index (χ1) is 20.0. The number of hydrogen-bond donors (Lipinski definition) is 1. The third-order valence-electron chi connectivity index (χ3n) is 9.72. The summed E-state index contributed by atoms with van der Waals surface area (Å²) in [5, 5.41) is 2.92. The molecule has 0 aliphatic heterocycles. The van der Waals surface area contributed by atoms with E-state index in [0.29, 0.717) is 12.2 Å². The molecular formula is C33H44BrN3O4S. The van der Waals surface area contributed by atoms with E-state index in [9.17, 15) is 18.0 Å². The van der Waals surface area contributed by atoms with Crippen LogP contribution in [-0.4, -0.2) is 50.5 Å². The van der Waals surface area contributed by atoms with Gasteiger partial charge in [0.15, 0.2) is 0 Å². The zero-order valence-electron chi connectivity index (χ0n) is 25.0. The van der Waals surface area contributed by atoms with E-state index in [1.807, 2.05) is 43.3 Å². The Kier molecular flexibility index (Phi) is 9.38. The lowest BCUT2D eigenvalue weighted by Crippen LogP contribution is -2.51. The van der Waals surface area contributed by atoms with Gasteiger partial charge in [0.1, 0.15) is 12.6 Å². The molecule has 228 valence electrons. The monoisotopic (exact) mass is 657 g/mol. The number of nitrogens with one attached hydrogen (secondary N) is 1. The van der Waals surface area contributed by atoms with Crippen molar-refractivity contribution in [1.82, 2.24) is 10.2 Å². The molecule has 0 aromatic heterocycles. The van der Waals surface area contributed by atoms with E-state index >= 15 is 0 Å². The summed E-state index contributed by atoms with van der Waals surface area (Å²) in [6, 6.07) is 14.7. The first-order valence-electron chi connectivity index (χ1n) is 15.4. The SMILES string of the molecule is CCCCNC(=O)[C@@H](C)N(Cc1cccc(Br)c1)C(=O)CN(c1ccc(C23CC4CC(CC(C4)C2)C3)cc1)S(C)(=O)=O. The van der Waals surface area contributed by atoms with Crippen LogP contribution < -0.4 is 9.62 Å². The molecule has 2 aromatic rings. The minimum atomic E-state index is -3.77. The Morgan fingerprint density at radius 3 is 2.19 bits per heavy atom. The molecule has 0 spiro atoms. The average Bonchev–Trinajstić information content (AvgIpc) is 2.93. The minimum Gasteiger partial charge on any atom is -0.354 e. The standard InChI is InChI=1S/C33H44BrN3O4S/c1-4-5-13-35-32(39)23(2)36(21-24-7-6-8-29(34)17-24)31(38)22-37(42(3,40)41)30-11-9-28(10-12-30)33-18-25-14-26(19-33)16-27(15-25)20-33/h6-12,17,23,25-27H,4-5,13-16,18-22H2,1-3H3,(H,35,39)/t23-,25?,26?,27?,33?/m1/s1. The zero-order chi connectivity index (χ0) is 30.1. The van der Waals surface area contributed by atoms with Crippen LogP contribution in [0.3, 0.4) is 0 Å². The van der Waals surface area contributed by atoms with Gasteiger partial charge in [-0.3, -0.25) is 13.9 Å². The Labute approximate surface area is 259 Å². The highest BCUT2D eigenvalue weighted by atomic mass is 79.9. The number of halogens is 1. The Balaban J connectivity index is 1.37. The van der Waals surface area contributed by atoms with Crippen LogP contribution in [0.2, 0.25) is 0 Å². The molecule has 6 rings (SSSR count). The quantitative estimate of drug-likeness (QED) is 0.283. The molecule has 4 fully saturated rings. The van der Waals surface area contributed by atoms with E-state index in [-0.39, 0.29) is 24.4 Å². The summed E-state index contributed by atoms with van der Waals surface area (Å²) in [7, 11) is -3.77. The number of rotatable bonds is 12. The Hall–Kier alpha value is -2.39. The van der Waals surface area contributed by atoms with Gasteiger partial charge >= 0.3 is 0 Å². The van der Waals surface area contributed by atoms with Crippen LogP contribution in [0.25, 0.3) is 0 Å². The van der Waals surface area contributed by atoms with Gasteiger partial charge in [-0.05, 0) is 110 Å². The lowest BCUT2D eigenvalue weighted by atomic mass is 9.48. The Bertz CT molecular complexity index is 1360. The van der Waals surface area contributed by atoms with Crippen molar-refractivity contribution in [2.45, 2.75) is 83.2 Å². The van der Waals surface area contributed by atoms with Crippen molar-refractivity contribution in [3.8, 4) is 0 Å². The molecule has 2 amide bonds. The molecule has 0 saturated heterocycles. The summed E-state index contributed by atoms with van der Waals surface area (Å²) in [6.45, 7) is 4.08. The molecule has 0 heterocycles. The van der Waals surface area contributed by atoms with Crippen molar-refractivity contribution in [2.75, 3.05) is 23.7 Å². The number of benzene rings is 2. The lowest BCUT2D eigenvalue weighted by molar-refractivity contribution is -0.139. The summed E-state index contributed by atoms with van der Waals surface area (Å²) in [5.74, 6) is 1.77. The topological polar surface area (TPSA) is 86.8 Å². The maximum atomic E-state index is 13.9. The summed E-state index contributed by atoms with van der Waals surface area (Å²) in [6.07, 6.45) is 10.7. The Morgan fingerprint density at radius 1 is 1.02 bits per heavy atom. The minimum absolute atomic E-state index is 0.184. The van der Waals surface area contributed by atoms with Crippen molar-refractivity contribution in [3.05, 3.63) is 64.1 Å². The molecule has 42 heavy (non-hydrogen) atoms. The normalized spacial score (nSPS) is 25.2. The molecule has 4 saturated carbocycles. The molecule has 1 atom stereocenters. The van der Waals surface area contributed by atoms with Crippen molar-refractivity contribution in [3.63, 3.8) is 0 Å². The van der Waals surface area contributed by atoms with E-state index in [4.69, 9.17) is 0 Å². The molecule has 1 N–H and O–H groups in total. The Morgan fingerprint density at radius 2 is 1.64 bits per heavy atom. The third kappa shape index (κ3) is 6.88. The van der Waals surface area contributed by atoms with Crippen LogP contribution in [0.5, 0.6) is 0 Å². The molecule has 0 radical (unpaired) electrons. The van der Waals surface area contributed by atoms with Gasteiger partial charge in [0.25, 0.3) is 0 Å². The summed E-state index contributed by atoms with van der Waals surface area (Å²) < 4.78 is 28.1. The van der Waals surface area contributed by atoms with Crippen LogP contribution in [0.15, 0.2) is 53.0 Å². The third-order valence-corrected chi connectivity index (χ3v) is 11.4. The molecule has 7 nitrogen and oxygen atoms in total. The highest BCUT2D eigenvalue weighted by molar-refractivity contribution is 9.10. The van der Waals surface area contributed by atoms with Crippen molar-refractivity contribution >= 4 is 43.5 Å². The van der Waals surface area contributed by atoms with Crippen molar-refractivity contribution in [2.24, 2.45) is 17.8 Å². The average molecular weight is 659 g/mol. The molecule has 4 bridgehead atoms. The van der Waals surface area contributed by atoms with E-state index < -0.39 is 22.0 Å². The molecular weight excluding hydrogens is 614 g/mol. The maximum absolute atomic E-state index is 13.9. The lowest BCUT2D eigenvalue weighted by Gasteiger charge is -2.57. The number of anilines is 1. The van der Waals surface area contributed by atoms with Gasteiger partial charge in [0.2, 0.25) is 21.8 Å². The van der Waals surface area contributed by atoms with E-state index in [2.05, 4.69) is 33.4 Å². The number of unbranched alkanes of at least 4 members (excludes halogenated alkanes) is 1. The zero-order valence-corrected chi connectivity index (χ0v) is 27.4. The molecule has 4 aliphatic carbocycles. The summed E-state index contributed by atoms with van der Waals surface area (Å²) >= 11 is 3.48. The van der Waals surface area contributed by atoms with E-state index in [1.165, 1.54) is 53.3 Å². The fourth-order valence-electron chi connectivity index (χ4n) is 8.01. The second kappa shape index (κ2) is 12.7. The smallest absolute Gasteiger partial charge is 0.244 e. The fraction of sp³-hybridized carbons (Fsp3) is 0.576. The number of nitrogens with zero attached hydrogens (tertiary/aromatic N) is 2. The summed E-state index contributed by atoms with van der Waals surface area (Å²) in [5.41, 5.74) is 2.83. The van der Waals surface area contributed by atoms with Gasteiger partial charge in [-0.1, -0.05) is 53.5 Å². The van der Waals surface area contributed by atoms with Crippen LogP contribution >= 0.6 is 15.9 Å². The number of carbonyl (C=O) groups excluding carboxylic acids is 2. The van der Waals surface area contributed by atoms with Gasteiger partial charge in [0.05, 0.1) is 11.9 Å². The first kappa shape index (κ1) is 31.0. The number of amides is 2. The predicted molar refractivity (Wildman–Crippen MR) is 171 cm³/mol. The van der Waals surface area contributed by atoms with Gasteiger partial charge in [-0.15, -0.1) is 0 Å². The van der Waals surface area contributed by atoms with Crippen molar-refractivity contribution < 1.29 is 18.0 Å². The maximum Gasteiger partial charge on any atom is 0.244 e. The van der Waals surface area contributed by atoms with Gasteiger partial charge in [-0.25, -0.2) is 8.42 Å².